The van der Waals surface area contributed by atoms with Gasteiger partial charge < -0.3 is 10.2 Å². The maximum absolute atomic E-state index is 10.00. The summed E-state index contributed by atoms with van der Waals surface area (Å²) >= 11 is 1.69. The minimum absolute atomic E-state index is 0.199. The first-order valence-electron chi connectivity index (χ1n) is 5.89. The van der Waals surface area contributed by atoms with Gasteiger partial charge in [-0.1, -0.05) is 25.3 Å². The van der Waals surface area contributed by atoms with Gasteiger partial charge in [0.25, 0.3) is 0 Å². The van der Waals surface area contributed by atoms with Crippen molar-refractivity contribution < 1.29 is 10.2 Å². The fourth-order valence-corrected chi connectivity index (χ4v) is 3.40. The van der Waals surface area contributed by atoms with Gasteiger partial charge in [-0.2, -0.15) is 0 Å². The average molecular weight is 238 g/mol. The number of aliphatic hydroxyl groups excluding tert-OH is 1. The summed E-state index contributed by atoms with van der Waals surface area (Å²) in [6.45, 7) is 0. The van der Waals surface area contributed by atoms with Crippen LogP contribution in [0.4, 0.5) is 0 Å². The number of aliphatic hydroxyl groups is 1. The van der Waals surface area contributed by atoms with Crippen LogP contribution in [0.2, 0.25) is 0 Å². The number of phenols is 1. The van der Waals surface area contributed by atoms with Crippen LogP contribution >= 0.6 is 11.8 Å². The summed E-state index contributed by atoms with van der Waals surface area (Å²) in [7, 11) is 0. The molecule has 1 aliphatic rings. The molecule has 2 atom stereocenters. The minimum Gasteiger partial charge on any atom is -0.508 e. The van der Waals surface area contributed by atoms with E-state index in [1.807, 2.05) is 12.1 Å². The van der Waals surface area contributed by atoms with Crippen LogP contribution in [-0.2, 0) is 0 Å². The summed E-state index contributed by atoms with van der Waals surface area (Å²) in [5.41, 5.74) is 0. The zero-order valence-electron chi connectivity index (χ0n) is 9.30. The number of thioether (sulfide) groups is 1. The van der Waals surface area contributed by atoms with Crippen molar-refractivity contribution in [3.63, 3.8) is 0 Å². The third kappa shape index (κ3) is 3.16. The second-order valence-corrected chi connectivity index (χ2v) is 5.67. The molecule has 2 unspecified atom stereocenters. The van der Waals surface area contributed by atoms with Crippen molar-refractivity contribution in [1.82, 2.24) is 0 Å². The van der Waals surface area contributed by atoms with Crippen LogP contribution in [0.5, 0.6) is 5.75 Å². The van der Waals surface area contributed by atoms with Gasteiger partial charge >= 0.3 is 0 Å². The lowest BCUT2D eigenvalue weighted by Crippen LogP contribution is -2.21. The van der Waals surface area contributed by atoms with E-state index in [0.29, 0.717) is 5.75 Å². The molecule has 0 aromatic heterocycles. The second kappa shape index (κ2) is 5.60. The summed E-state index contributed by atoms with van der Waals surface area (Å²) in [4.78, 5) is 1.05. The molecule has 3 heteroatoms. The molecular weight excluding hydrogens is 220 g/mol. The van der Waals surface area contributed by atoms with Crippen molar-refractivity contribution in [2.24, 2.45) is 0 Å². The third-order valence-electron chi connectivity index (χ3n) is 3.02. The van der Waals surface area contributed by atoms with Crippen molar-refractivity contribution in [3.8, 4) is 5.75 Å². The molecule has 16 heavy (non-hydrogen) atoms. The highest BCUT2D eigenvalue weighted by molar-refractivity contribution is 8.00. The van der Waals surface area contributed by atoms with Crippen LogP contribution in [0.1, 0.15) is 32.1 Å². The van der Waals surface area contributed by atoms with Crippen LogP contribution in [0.15, 0.2) is 29.2 Å². The molecule has 0 heterocycles. The van der Waals surface area contributed by atoms with Crippen molar-refractivity contribution in [3.05, 3.63) is 24.3 Å². The SMILES string of the molecule is Oc1cccc(SC2CCCCCC2O)c1. The van der Waals surface area contributed by atoms with Gasteiger partial charge in [-0.25, -0.2) is 0 Å². The highest BCUT2D eigenvalue weighted by atomic mass is 32.2. The van der Waals surface area contributed by atoms with Gasteiger partial charge in [0.2, 0.25) is 0 Å². The Bertz CT molecular complexity index is 340. The third-order valence-corrected chi connectivity index (χ3v) is 4.40. The monoisotopic (exact) mass is 238 g/mol. The normalized spacial score (nSPS) is 26.3. The quantitative estimate of drug-likeness (QED) is 0.777. The highest BCUT2D eigenvalue weighted by Crippen LogP contribution is 2.34. The van der Waals surface area contributed by atoms with Gasteiger partial charge in [0.05, 0.1) is 6.10 Å². The van der Waals surface area contributed by atoms with E-state index < -0.39 is 0 Å². The fourth-order valence-electron chi connectivity index (χ4n) is 2.12. The van der Waals surface area contributed by atoms with E-state index in [2.05, 4.69) is 0 Å². The summed E-state index contributed by atoms with van der Waals surface area (Å²) in [6, 6.07) is 7.28. The van der Waals surface area contributed by atoms with Gasteiger partial charge in [-0.05, 0) is 31.0 Å². The van der Waals surface area contributed by atoms with Crippen LogP contribution in [0.25, 0.3) is 0 Å². The molecule has 0 amide bonds. The van der Waals surface area contributed by atoms with Gasteiger partial charge in [0, 0.05) is 10.1 Å². The first kappa shape index (κ1) is 11.8. The van der Waals surface area contributed by atoms with Crippen LogP contribution < -0.4 is 0 Å². The number of benzene rings is 1. The molecular formula is C13H18O2S. The molecule has 0 aliphatic heterocycles. The Kier molecular flexibility index (Phi) is 4.13. The number of aromatic hydroxyl groups is 1. The zero-order chi connectivity index (χ0) is 11.4. The van der Waals surface area contributed by atoms with E-state index in [9.17, 15) is 10.2 Å². The smallest absolute Gasteiger partial charge is 0.116 e. The largest absolute Gasteiger partial charge is 0.508 e. The lowest BCUT2D eigenvalue weighted by atomic mass is 10.1. The van der Waals surface area contributed by atoms with E-state index in [0.717, 1.165) is 24.2 Å². The van der Waals surface area contributed by atoms with Gasteiger partial charge in [0.1, 0.15) is 5.75 Å². The Morgan fingerprint density at radius 1 is 1.12 bits per heavy atom. The predicted octanol–water partition coefficient (Wildman–Crippen LogP) is 3.18. The van der Waals surface area contributed by atoms with Crippen molar-refractivity contribution in [2.45, 2.75) is 48.4 Å². The molecule has 2 nitrogen and oxygen atoms in total. The maximum atomic E-state index is 10.00. The van der Waals surface area contributed by atoms with Crippen LogP contribution in [0, 0.1) is 0 Å². The summed E-state index contributed by atoms with van der Waals surface area (Å²) < 4.78 is 0. The van der Waals surface area contributed by atoms with Crippen molar-refractivity contribution in [2.75, 3.05) is 0 Å². The molecule has 0 bridgehead atoms. The number of hydrogen-bond acceptors (Lipinski definition) is 3. The first-order valence-corrected chi connectivity index (χ1v) is 6.77. The van der Waals surface area contributed by atoms with E-state index >= 15 is 0 Å². The molecule has 0 saturated heterocycles. The predicted molar refractivity (Wildman–Crippen MR) is 66.8 cm³/mol. The Morgan fingerprint density at radius 3 is 2.75 bits per heavy atom. The Morgan fingerprint density at radius 2 is 1.94 bits per heavy atom. The summed E-state index contributed by atoms with van der Waals surface area (Å²) in [6.07, 6.45) is 5.35. The van der Waals surface area contributed by atoms with E-state index in [4.69, 9.17) is 0 Å². The molecule has 0 radical (unpaired) electrons. The van der Waals surface area contributed by atoms with Crippen molar-refractivity contribution in [1.29, 1.82) is 0 Å². The van der Waals surface area contributed by atoms with E-state index in [1.54, 1.807) is 23.9 Å². The minimum atomic E-state index is -0.199. The molecule has 2 N–H and O–H groups in total. The molecule has 1 aromatic rings. The van der Waals surface area contributed by atoms with E-state index in [1.165, 1.54) is 12.8 Å². The zero-order valence-corrected chi connectivity index (χ0v) is 10.1. The molecule has 1 aliphatic carbocycles. The lowest BCUT2D eigenvalue weighted by Gasteiger charge is -2.19. The van der Waals surface area contributed by atoms with Gasteiger partial charge in [0.15, 0.2) is 0 Å². The summed E-state index contributed by atoms with van der Waals surface area (Å²) in [5.74, 6) is 0.299. The fraction of sp³-hybridized carbons (Fsp3) is 0.538. The van der Waals surface area contributed by atoms with Crippen molar-refractivity contribution >= 4 is 11.8 Å². The lowest BCUT2D eigenvalue weighted by molar-refractivity contribution is 0.163. The summed E-state index contributed by atoms with van der Waals surface area (Å²) in [5, 5.41) is 19.7. The Hall–Kier alpha value is -0.670. The highest BCUT2D eigenvalue weighted by Gasteiger charge is 2.22. The maximum Gasteiger partial charge on any atom is 0.116 e. The number of hydrogen-bond donors (Lipinski definition) is 2. The van der Waals surface area contributed by atoms with Gasteiger partial charge in [-0.15, -0.1) is 11.8 Å². The molecule has 2 rings (SSSR count). The number of rotatable bonds is 2. The molecule has 88 valence electrons. The Balaban J connectivity index is 2.02. The van der Waals surface area contributed by atoms with Crippen LogP contribution in [-0.4, -0.2) is 21.6 Å². The average Bonchev–Trinajstić information content (AvgIpc) is 2.45. The molecule has 1 aromatic carbocycles. The van der Waals surface area contributed by atoms with E-state index in [-0.39, 0.29) is 11.4 Å². The molecule has 1 saturated carbocycles. The van der Waals surface area contributed by atoms with Gasteiger partial charge in [-0.3, -0.25) is 0 Å². The Labute approximate surface area is 101 Å². The second-order valence-electron chi connectivity index (χ2n) is 4.36. The molecule has 0 spiro atoms. The standard InChI is InChI=1S/C13H18O2S/c14-10-5-4-6-11(9-10)16-13-8-3-1-2-7-12(13)15/h4-6,9,12-15H,1-3,7-8H2. The number of phenolic OH excluding ortho intramolecular Hbond substituents is 1. The topological polar surface area (TPSA) is 40.5 Å². The first-order chi connectivity index (χ1) is 7.75. The molecule has 1 fully saturated rings. The van der Waals surface area contributed by atoms with Crippen LogP contribution in [0.3, 0.4) is 0 Å².